The lowest BCUT2D eigenvalue weighted by molar-refractivity contribution is 0.232. The second-order valence-electron chi connectivity index (χ2n) is 6.92. The molecule has 5 heteroatoms. The van der Waals surface area contributed by atoms with Gasteiger partial charge in [0.25, 0.3) is 0 Å². The van der Waals surface area contributed by atoms with Crippen molar-refractivity contribution in [2.45, 2.75) is 64.5 Å². The fourth-order valence-electron chi connectivity index (χ4n) is 3.79. The van der Waals surface area contributed by atoms with Gasteiger partial charge in [-0.05, 0) is 31.7 Å². The standard InChI is InChI=1S/C18H24N4O/c1-13-9-16(21-23-13)11-22-8-7-15-10-19-18(20-17(15)12-22)14-5-3-2-4-6-14/h9-10,14H,2-8,11-12H2,1H3. The van der Waals surface area contributed by atoms with Crippen LogP contribution in [0, 0.1) is 6.92 Å². The summed E-state index contributed by atoms with van der Waals surface area (Å²) < 4.78 is 5.17. The Morgan fingerprint density at radius 3 is 2.91 bits per heavy atom. The van der Waals surface area contributed by atoms with E-state index in [-0.39, 0.29) is 0 Å². The van der Waals surface area contributed by atoms with Crippen molar-refractivity contribution in [1.29, 1.82) is 0 Å². The number of rotatable bonds is 3. The van der Waals surface area contributed by atoms with Crippen molar-refractivity contribution in [2.75, 3.05) is 6.54 Å². The van der Waals surface area contributed by atoms with E-state index in [0.29, 0.717) is 5.92 Å². The molecule has 1 aliphatic heterocycles. The van der Waals surface area contributed by atoms with Gasteiger partial charge >= 0.3 is 0 Å². The van der Waals surface area contributed by atoms with E-state index in [4.69, 9.17) is 9.51 Å². The van der Waals surface area contributed by atoms with Gasteiger partial charge in [-0.15, -0.1) is 0 Å². The van der Waals surface area contributed by atoms with Crippen LogP contribution in [0.3, 0.4) is 0 Å². The van der Waals surface area contributed by atoms with Crippen LogP contribution in [0.2, 0.25) is 0 Å². The van der Waals surface area contributed by atoms with Gasteiger partial charge in [-0.2, -0.15) is 0 Å². The summed E-state index contributed by atoms with van der Waals surface area (Å²) in [7, 11) is 0. The largest absolute Gasteiger partial charge is 0.361 e. The second-order valence-corrected chi connectivity index (χ2v) is 6.92. The van der Waals surface area contributed by atoms with Gasteiger partial charge < -0.3 is 4.52 Å². The third-order valence-corrected chi connectivity index (χ3v) is 5.08. The predicted octanol–water partition coefficient (Wildman–Crippen LogP) is 3.38. The quantitative estimate of drug-likeness (QED) is 0.869. The van der Waals surface area contributed by atoms with Crippen LogP contribution in [0.4, 0.5) is 0 Å². The Labute approximate surface area is 137 Å². The number of hydrogen-bond acceptors (Lipinski definition) is 5. The van der Waals surface area contributed by atoms with E-state index in [1.165, 1.54) is 43.4 Å². The topological polar surface area (TPSA) is 55.1 Å². The zero-order valence-electron chi connectivity index (χ0n) is 13.8. The monoisotopic (exact) mass is 312 g/mol. The highest BCUT2D eigenvalue weighted by Gasteiger charge is 2.23. The summed E-state index contributed by atoms with van der Waals surface area (Å²) in [5, 5.41) is 4.11. The molecule has 0 amide bonds. The SMILES string of the molecule is Cc1cc(CN2CCc3cnc(C4CCCCC4)nc3C2)no1. The molecule has 5 nitrogen and oxygen atoms in total. The lowest BCUT2D eigenvalue weighted by atomic mass is 9.88. The molecule has 122 valence electrons. The molecule has 0 bridgehead atoms. The highest BCUT2D eigenvalue weighted by atomic mass is 16.5. The maximum absolute atomic E-state index is 5.17. The second kappa shape index (κ2) is 6.40. The Balaban J connectivity index is 1.48. The fourth-order valence-corrected chi connectivity index (χ4v) is 3.79. The molecule has 1 fully saturated rings. The van der Waals surface area contributed by atoms with Gasteiger partial charge in [0.1, 0.15) is 11.6 Å². The molecular weight excluding hydrogens is 288 g/mol. The summed E-state index contributed by atoms with van der Waals surface area (Å²) in [5.74, 6) is 2.52. The first-order valence-corrected chi connectivity index (χ1v) is 8.77. The average Bonchev–Trinajstić information content (AvgIpc) is 3.00. The summed E-state index contributed by atoms with van der Waals surface area (Å²) in [5.41, 5.74) is 3.54. The van der Waals surface area contributed by atoms with Gasteiger partial charge in [-0.1, -0.05) is 24.4 Å². The molecule has 0 unspecified atom stereocenters. The highest BCUT2D eigenvalue weighted by molar-refractivity contribution is 5.22. The smallest absolute Gasteiger partial charge is 0.133 e. The molecule has 0 aromatic carbocycles. The van der Waals surface area contributed by atoms with Crippen molar-refractivity contribution in [1.82, 2.24) is 20.0 Å². The molecule has 3 heterocycles. The predicted molar refractivity (Wildman–Crippen MR) is 86.9 cm³/mol. The lowest BCUT2D eigenvalue weighted by Crippen LogP contribution is -2.31. The van der Waals surface area contributed by atoms with Gasteiger partial charge in [0, 0.05) is 37.8 Å². The van der Waals surface area contributed by atoms with Crippen molar-refractivity contribution >= 4 is 0 Å². The number of aromatic nitrogens is 3. The van der Waals surface area contributed by atoms with E-state index in [0.717, 1.165) is 43.3 Å². The van der Waals surface area contributed by atoms with Crippen LogP contribution in [0.25, 0.3) is 0 Å². The molecule has 0 radical (unpaired) electrons. The Hall–Kier alpha value is -1.75. The highest BCUT2D eigenvalue weighted by Crippen LogP contribution is 2.31. The third kappa shape index (κ3) is 3.29. The Kier molecular flexibility index (Phi) is 4.12. The van der Waals surface area contributed by atoms with E-state index < -0.39 is 0 Å². The van der Waals surface area contributed by atoms with E-state index in [9.17, 15) is 0 Å². The molecule has 23 heavy (non-hydrogen) atoms. The molecule has 4 rings (SSSR count). The first kappa shape index (κ1) is 14.8. The van der Waals surface area contributed by atoms with Gasteiger partial charge in [0.05, 0.1) is 11.4 Å². The lowest BCUT2D eigenvalue weighted by Gasteiger charge is -2.28. The van der Waals surface area contributed by atoms with E-state index in [2.05, 4.69) is 21.2 Å². The molecule has 2 aromatic rings. The van der Waals surface area contributed by atoms with Crippen LogP contribution in [0.1, 0.15) is 66.6 Å². The van der Waals surface area contributed by atoms with Crippen LogP contribution in [-0.2, 0) is 19.5 Å². The van der Waals surface area contributed by atoms with E-state index in [1.807, 2.05) is 13.0 Å². The number of hydrogen-bond donors (Lipinski definition) is 0. The van der Waals surface area contributed by atoms with Crippen molar-refractivity contribution in [3.8, 4) is 0 Å². The molecular formula is C18H24N4O. The Morgan fingerprint density at radius 1 is 1.26 bits per heavy atom. The first-order valence-electron chi connectivity index (χ1n) is 8.77. The van der Waals surface area contributed by atoms with E-state index in [1.54, 1.807) is 0 Å². The molecule has 1 aliphatic carbocycles. The van der Waals surface area contributed by atoms with Crippen molar-refractivity contribution in [2.24, 2.45) is 0 Å². The van der Waals surface area contributed by atoms with E-state index >= 15 is 0 Å². The molecule has 0 atom stereocenters. The van der Waals surface area contributed by atoms with Crippen molar-refractivity contribution in [3.05, 3.63) is 40.8 Å². The van der Waals surface area contributed by atoms with Gasteiger partial charge in [-0.25, -0.2) is 9.97 Å². The van der Waals surface area contributed by atoms with Crippen LogP contribution < -0.4 is 0 Å². The summed E-state index contributed by atoms with van der Waals surface area (Å²) in [6.45, 7) is 4.69. The summed E-state index contributed by atoms with van der Waals surface area (Å²) in [6.07, 6.45) is 9.61. The molecule has 2 aliphatic rings. The maximum atomic E-state index is 5.17. The van der Waals surface area contributed by atoms with Crippen LogP contribution >= 0.6 is 0 Å². The van der Waals surface area contributed by atoms with Gasteiger partial charge in [-0.3, -0.25) is 4.90 Å². The van der Waals surface area contributed by atoms with Crippen molar-refractivity contribution in [3.63, 3.8) is 0 Å². The van der Waals surface area contributed by atoms with Crippen LogP contribution in [-0.4, -0.2) is 26.6 Å². The third-order valence-electron chi connectivity index (χ3n) is 5.08. The number of fused-ring (bicyclic) bond motifs is 1. The van der Waals surface area contributed by atoms with Crippen LogP contribution in [0.15, 0.2) is 16.8 Å². The zero-order valence-corrected chi connectivity index (χ0v) is 13.8. The van der Waals surface area contributed by atoms with Gasteiger partial charge in [0.2, 0.25) is 0 Å². The summed E-state index contributed by atoms with van der Waals surface area (Å²) in [4.78, 5) is 12.0. The molecule has 1 saturated carbocycles. The molecule has 0 N–H and O–H groups in total. The Morgan fingerprint density at radius 2 is 2.13 bits per heavy atom. The minimum atomic E-state index is 0.572. The fraction of sp³-hybridized carbons (Fsp3) is 0.611. The normalized spacial score (nSPS) is 19.7. The van der Waals surface area contributed by atoms with Crippen molar-refractivity contribution < 1.29 is 4.52 Å². The minimum absolute atomic E-state index is 0.572. The number of aryl methyl sites for hydroxylation is 1. The zero-order chi connectivity index (χ0) is 15.6. The minimum Gasteiger partial charge on any atom is -0.361 e. The molecule has 0 saturated heterocycles. The van der Waals surface area contributed by atoms with Gasteiger partial charge in [0.15, 0.2) is 0 Å². The maximum Gasteiger partial charge on any atom is 0.133 e. The Bertz CT molecular complexity index is 675. The number of nitrogens with zero attached hydrogens (tertiary/aromatic N) is 4. The van der Waals surface area contributed by atoms with Crippen LogP contribution in [0.5, 0.6) is 0 Å². The summed E-state index contributed by atoms with van der Waals surface area (Å²) in [6, 6.07) is 2.02. The summed E-state index contributed by atoms with van der Waals surface area (Å²) >= 11 is 0. The average molecular weight is 312 g/mol. The first-order chi connectivity index (χ1) is 11.3. The molecule has 2 aromatic heterocycles. The molecule has 0 spiro atoms.